The zero-order chi connectivity index (χ0) is 0. The van der Waals surface area contributed by atoms with Crippen molar-refractivity contribution in [2.24, 2.45) is 0 Å². The van der Waals surface area contributed by atoms with Gasteiger partial charge in [-0.05, 0) is 0 Å². The van der Waals surface area contributed by atoms with Gasteiger partial charge in [-0.3, -0.25) is 0 Å². The van der Waals surface area contributed by atoms with Gasteiger partial charge in [0.25, 0.3) is 0 Å². The monoisotopic (exact) mass is 615 g/mol. The van der Waals surface area contributed by atoms with E-state index in [0.29, 0.717) is 0 Å². The third kappa shape index (κ3) is 3720. The van der Waals surface area contributed by atoms with Crippen molar-refractivity contribution in [2.75, 3.05) is 0 Å². The van der Waals surface area contributed by atoms with Gasteiger partial charge in [0, 0.05) is 19.5 Å². The molecule has 0 aromatic carbocycles. The Morgan fingerprint density at radius 3 is 0.286 bits per heavy atom. The number of nitrogens with two attached hydrogens (primary N) is 14. The molecule has 30 N–H and O–H groups in total. The molecule has 0 heterocycles. The first-order valence-corrected chi connectivity index (χ1v) is 0. The summed E-state index contributed by atoms with van der Waals surface area (Å²) >= 11 is 0. The van der Waals surface area contributed by atoms with Gasteiger partial charge in [0.1, 0.15) is 0 Å². The minimum atomic E-state index is 0. The molecule has 0 spiro atoms. The third-order valence-corrected chi connectivity index (χ3v) is 0. The van der Waals surface area contributed by atoms with E-state index in [1.807, 2.05) is 0 Å². The molecule has 17 nitrogen and oxygen atoms in total. The summed E-state index contributed by atoms with van der Waals surface area (Å²) in [5.74, 6) is 0. The Labute approximate surface area is 173 Å². The first-order valence-electron chi connectivity index (χ1n) is 0. The number of hydrogen-bond acceptors (Lipinski definition) is 0. The van der Waals surface area contributed by atoms with Crippen molar-refractivity contribution in [3.63, 3.8) is 0 Å². The van der Waals surface area contributed by atoms with Crippen LogP contribution in [0.4, 0.5) is 0 Å². The zero-order valence-corrected chi connectivity index (χ0v) is 16.8. The molecular formula is H30ClN14O3Ru3-9. The first-order chi connectivity index (χ1) is 0. The summed E-state index contributed by atoms with van der Waals surface area (Å²) in [6.45, 7) is 0. The van der Waals surface area contributed by atoms with E-state index >= 15 is 0 Å². The van der Waals surface area contributed by atoms with E-state index in [1.54, 1.807) is 0 Å². The number of hydrogen-bond donors (Lipinski definition) is 0. The van der Waals surface area contributed by atoms with Crippen molar-refractivity contribution in [1.29, 1.82) is 0 Å². The fraction of sp³-hybridized carbons (Fsp3) is 0. The minimum Gasteiger partial charge on any atom is -2.00 e. The fourth-order valence-electron chi connectivity index (χ4n) is 0. The summed E-state index contributed by atoms with van der Waals surface area (Å²) in [4.78, 5) is 0. The van der Waals surface area contributed by atoms with Gasteiger partial charge in [-0.15, -0.1) is 0 Å². The van der Waals surface area contributed by atoms with E-state index in [2.05, 4.69) is 0 Å². The average Bonchev–Trinajstić information content (AvgIpc) is 0. The molecule has 0 aromatic rings. The molecule has 0 saturated carbocycles. The van der Waals surface area contributed by atoms with Crippen LogP contribution in [0.25, 0.3) is 86.1 Å². The standard InChI is InChI=1S/ClH.14H2N.H2O.2O.3Ru/h1H;15*1H2;;;;;/q;14*-1;;2*-2;;2*+5/p-1. The smallest absolute Gasteiger partial charge is 2.00 e. The predicted octanol–water partition coefficient (Wildman–Crippen LogP) is 5.97. The summed E-state index contributed by atoms with van der Waals surface area (Å²) in [6, 6.07) is 0. The SMILES string of the molecule is O.[Cl-].[NH2-].[NH2-].[NH2-].[NH2-].[NH2-].[NH2-].[NH2-].[NH2-].[NH2-].[NH2-].[NH2-].[NH2-].[NH2-].[NH2-].[O-2].[O-2].[Ru+5].[Ru+5].[Ru]. The fourth-order valence-corrected chi connectivity index (χ4v) is 0. The largest absolute Gasteiger partial charge is 5.00 e. The Kier molecular flexibility index (Phi) is 927000. The molecule has 0 aliphatic carbocycles. The summed E-state index contributed by atoms with van der Waals surface area (Å²) in [5.41, 5.74) is 0. The van der Waals surface area contributed by atoms with Gasteiger partial charge < -0.3 is 115 Å². The summed E-state index contributed by atoms with van der Waals surface area (Å²) in [6.07, 6.45) is 0. The summed E-state index contributed by atoms with van der Waals surface area (Å²) in [7, 11) is 0. The maximum Gasteiger partial charge on any atom is 5.00 e. The molecule has 0 rings (SSSR count). The maximum atomic E-state index is 0. The van der Waals surface area contributed by atoms with E-state index in [1.165, 1.54) is 0 Å². The van der Waals surface area contributed by atoms with E-state index < -0.39 is 0 Å². The van der Waals surface area contributed by atoms with Crippen molar-refractivity contribution < 1.29 is 87.3 Å². The van der Waals surface area contributed by atoms with Gasteiger partial charge in [-0.1, -0.05) is 0 Å². The Morgan fingerprint density at radius 2 is 0.286 bits per heavy atom. The van der Waals surface area contributed by atoms with Crippen LogP contribution in [0.2, 0.25) is 0 Å². The van der Waals surface area contributed by atoms with E-state index in [-0.39, 0.29) is 173 Å². The van der Waals surface area contributed by atoms with Crippen LogP contribution in [0.15, 0.2) is 0 Å². The van der Waals surface area contributed by atoms with Gasteiger partial charge in [0.2, 0.25) is 0 Å². The normalized spacial score (nSPS) is 0. The molecule has 0 amide bonds. The van der Waals surface area contributed by atoms with Crippen LogP contribution in [0.3, 0.4) is 0 Å². The van der Waals surface area contributed by atoms with Crippen molar-refractivity contribution in [1.82, 2.24) is 0 Å². The van der Waals surface area contributed by atoms with Crippen molar-refractivity contribution in [2.45, 2.75) is 0 Å². The summed E-state index contributed by atoms with van der Waals surface area (Å²) < 4.78 is 0. The van der Waals surface area contributed by atoms with Crippen molar-refractivity contribution >= 4 is 0 Å². The zero-order valence-electron chi connectivity index (χ0n) is 10.8. The van der Waals surface area contributed by atoms with Gasteiger partial charge >= 0.3 is 39.0 Å². The second-order valence-electron chi connectivity index (χ2n) is 0. The van der Waals surface area contributed by atoms with Crippen LogP contribution in [-0.2, 0) is 69.4 Å². The number of rotatable bonds is 0. The molecule has 0 fully saturated rings. The predicted molar refractivity (Wildman–Crippen MR) is 79.0 cm³/mol. The average molecular weight is 613 g/mol. The van der Waals surface area contributed by atoms with Gasteiger partial charge in [-0.2, -0.15) is 0 Å². The Morgan fingerprint density at radius 1 is 0.286 bits per heavy atom. The van der Waals surface area contributed by atoms with E-state index in [9.17, 15) is 0 Å². The molecule has 21 heavy (non-hydrogen) atoms. The summed E-state index contributed by atoms with van der Waals surface area (Å²) in [5, 5.41) is 0. The minimum absolute atomic E-state index is 0. The first kappa shape index (κ1) is 4730. The molecule has 0 aliphatic heterocycles. The molecule has 0 atom stereocenters. The van der Waals surface area contributed by atoms with Gasteiger partial charge in [-0.25, -0.2) is 0 Å². The molecule has 0 saturated heterocycles. The molecule has 158 valence electrons. The second kappa shape index (κ2) is 4110. The Hall–Kier alpha value is 1.48. The van der Waals surface area contributed by atoms with Crippen molar-refractivity contribution in [3.05, 3.63) is 86.1 Å². The van der Waals surface area contributed by atoms with Crippen molar-refractivity contribution in [3.8, 4) is 0 Å². The van der Waals surface area contributed by atoms with Crippen LogP contribution >= 0.6 is 0 Å². The maximum absolute atomic E-state index is 0. The third-order valence-electron chi connectivity index (χ3n) is 0. The van der Waals surface area contributed by atoms with Gasteiger partial charge in [0.05, 0.1) is 0 Å². The molecule has 0 aliphatic rings. The molecule has 21 heteroatoms. The molecular weight excluding hydrogens is 583 g/mol. The van der Waals surface area contributed by atoms with Gasteiger partial charge in [0.15, 0.2) is 0 Å². The van der Waals surface area contributed by atoms with Crippen LogP contribution in [0.1, 0.15) is 0 Å². The topological polar surface area (TPSA) is 558 Å². The van der Waals surface area contributed by atoms with E-state index in [4.69, 9.17) is 0 Å². The molecule has 0 unspecified atom stereocenters. The molecule has 2 radical (unpaired) electrons. The molecule has 0 bridgehead atoms. The van der Waals surface area contributed by atoms with Crippen LogP contribution in [0, 0.1) is 0 Å². The Bertz CT molecular complexity index is 29.4. The van der Waals surface area contributed by atoms with E-state index in [0.717, 1.165) is 0 Å². The number of halogens is 1. The second-order valence-corrected chi connectivity index (χ2v) is 0. The quantitative estimate of drug-likeness (QED) is 0.285. The Balaban J connectivity index is 0. The molecule has 0 aromatic heterocycles. The van der Waals surface area contributed by atoms with Crippen LogP contribution < -0.4 is 12.4 Å². The van der Waals surface area contributed by atoms with Crippen LogP contribution in [-0.4, -0.2) is 5.48 Å². The van der Waals surface area contributed by atoms with Crippen LogP contribution in [0.5, 0.6) is 0 Å².